The molecule has 0 aromatic heterocycles. The summed E-state index contributed by atoms with van der Waals surface area (Å²) in [5, 5.41) is 0. The average molecular weight is 235 g/mol. The summed E-state index contributed by atoms with van der Waals surface area (Å²) in [6.45, 7) is 2.76. The first-order chi connectivity index (χ1) is 8.11. The molecule has 0 bridgehead atoms. The standard InChI is InChI=1S/C14H21NO2/c1-11-6-4-5-7-12(11)13(10-15)8-14(9-13,16-2)17-3/h4-7H,8-10,15H2,1-3H3. The van der Waals surface area contributed by atoms with Crippen LogP contribution in [0.2, 0.25) is 0 Å². The summed E-state index contributed by atoms with van der Waals surface area (Å²) >= 11 is 0. The number of rotatable bonds is 4. The van der Waals surface area contributed by atoms with Crippen LogP contribution >= 0.6 is 0 Å². The number of nitrogens with two attached hydrogens (primary N) is 1. The van der Waals surface area contributed by atoms with E-state index in [1.165, 1.54) is 11.1 Å². The first kappa shape index (κ1) is 12.6. The van der Waals surface area contributed by atoms with Crippen LogP contribution in [0.3, 0.4) is 0 Å². The lowest BCUT2D eigenvalue weighted by atomic mass is 9.59. The van der Waals surface area contributed by atoms with Crippen molar-refractivity contribution < 1.29 is 9.47 Å². The zero-order chi connectivity index (χ0) is 12.5. The Kier molecular flexibility index (Phi) is 3.25. The van der Waals surface area contributed by atoms with Crippen molar-refractivity contribution in [2.45, 2.75) is 31.0 Å². The largest absolute Gasteiger partial charge is 0.353 e. The second-order valence-corrected chi connectivity index (χ2v) is 4.97. The van der Waals surface area contributed by atoms with E-state index in [2.05, 4.69) is 31.2 Å². The lowest BCUT2D eigenvalue weighted by molar-refractivity contribution is -0.277. The third-order valence-electron chi connectivity index (χ3n) is 4.07. The highest BCUT2D eigenvalue weighted by atomic mass is 16.7. The van der Waals surface area contributed by atoms with Crippen LogP contribution in [0, 0.1) is 6.92 Å². The quantitative estimate of drug-likeness (QED) is 0.812. The Labute approximate surface area is 103 Å². The normalized spacial score (nSPS) is 20.9. The number of hydrogen-bond donors (Lipinski definition) is 1. The van der Waals surface area contributed by atoms with Crippen molar-refractivity contribution in [1.29, 1.82) is 0 Å². The van der Waals surface area contributed by atoms with Gasteiger partial charge in [-0.2, -0.15) is 0 Å². The van der Waals surface area contributed by atoms with Gasteiger partial charge >= 0.3 is 0 Å². The van der Waals surface area contributed by atoms with Gasteiger partial charge in [-0.1, -0.05) is 24.3 Å². The van der Waals surface area contributed by atoms with Crippen LogP contribution in [-0.4, -0.2) is 26.6 Å². The summed E-state index contributed by atoms with van der Waals surface area (Å²) in [7, 11) is 3.39. The van der Waals surface area contributed by atoms with Gasteiger partial charge in [0, 0.05) is 39.0 Å². The van der Waals surface area contributed by atoms with Crippen LogP contribution in [0.1, 0.15) is 24.0 Å². The van der Waals surface area contributed by atoms with Crippen molar-refractivity contribution in [3.05, 3.63) is 35.4 Å². The molecule has 0 radical (unpaired) electrons. The number of hydrogen-bond acceptors (Lipinski definition) is 3. The highest BCUT2D eigenvalue weighted by Crippen LogP contribution is 2.52. The third-order valence-corrected chi connectivity index (χ3v) is 4.07. The number of ether oxygens (including phenoxy) is 2. The van der Waals surface area contributed by atoms with Gasteiger partial charge in [0.15, 0.2) is 5.79 Å². The van der Waals surface area contributed by atoms with Crippen LogP contribution in [0.4, 0.5) is 0 Å². The van der Waals surface area contributed by atoms with Gasteiger partial charge in [-0.25, -0.2) is 0 Å². The molecular weight excluding hydrogens is 214 g/mol. The van der Waals surface area contributed by atoms with Gasteiger partial charge in [-0.3, -0.25) is 0 Å². The van der Waals surface area contributed by atoms with E-state index in [9.17, 15) is 0 Å². The molecule has 94 valence electrons. The van der Waals surface area contributed by atoms with Crippen molar-refractivity contribution in [3.63, 3.8) is 0 Å². The minimum absolute atomic E-state index is 0.0113. The van der Waals surface area contributed by atoms with Crippen LogP contribution in [0.25, 0.3) is 0 Å². The van der Waals surface area contributed by atoms with Gasteiger partial charge < -0.3 is 15.2 Å². The van der Waals surface area contributed by atoms with E-state index in [0.717, 1.165) is 12.8 Å². The maximum atomic E-state index is 5.99. The number of aryl methyl sites for hydroxylation is 1. The predicted octanol–water partition coefficient (Wildman–Crippen LogP) is 1.97. The summed E-state index contributed by atoms with van der Waals surface area (Å²) in [6.07, 6.45) is 1.66. The summed E-state index contributed by atoms with van der Waals surface area (Å²) in [4.78, 5) is 0. The Morgan fingerprint density at radius 3 is 2.24 bits per heavy atom. The van der Waals surface area contributed by atoms with E-state index in [0.29, 0.717) is 6.54 Å². The maximum absolute atomic E-state index is 5.99. The molecule has 0 unspecified atom stereocenters. The molecule has 1 fully saturated rings. The summed E-state index contributed by atoms with van der Waals surface area (Å²) < 4.78 is 10.9. The second kappa shape index (κ2) is 4.41. The molecule has 17 heavy (non-hydrogen) atoms. The molecule has 0 aliphatic heterocycles. The minimum Gasteiger partial charge on any atom is -0.353 e. The summed E-state index contributed by atoms with van der Waals surface area (Å²) in [5.74, 6) is -0.443. The highest BCUT2D eigenvalue weighted by molar-refractivity contribution is 5.37. The van der Waals surface area contributed by atoms with E-state index >= 15 is 0 Å². The molecule has 1 aromatic carbocycles. The van der Waals surface area contributed by atoms with E-state index in [-0.39, 0.29) is 5.41 Å². The van der Waals surface area contributed by atoms with Gasteiger partial charge in [0.05, 0.1) is 0 Å². The van der Waals surface area contributed by atoms with Gasteiger partial charge in [-0.05, 0) is 18.1 Å². The molecular formula is C14H21NO2. The molecule has 0 heterocycles. The Hall–Kier alpha value is -0.900. The molecule has 1 saturated carbocycles. The van der Waals surface area contributed by atoms with Crippen LogP contribution < -0.4 is 5.73 Å². The van der Waals surface area contributed by atoms with Crippen molar-refractivity contribution in [3.8, 4) is 0 Å². The van der Waals surface area contributed by atoms with Crippen molar-refractivity contribution >= 4 is 0 Å². The van der Waals surface area contributed by atoms with Gasteiger partial charge in [-0.15, -0.1) is 0 Å². The maximum Gasteiger partial charge on any atom is 0.169 e. The van der Waals surface area contributed by atoms with Gasteiger partial charge in [0.25, 0.3) is 0 Å². The topological polar surface area (TPSA) is 44.5 Å². The zero-order valence-corrected chi connectivity index (χ0v) is 10.8. The SMILES string of the molecule is COC1(OC)CC(CN)(c2ccccc2C)C1. The summed E-state index contributed by atoms with van der Waals surface area (Å²) in [6, 6.07) is 8.42. The monoisotopic (exact) mass is 235 g/mol. The molecule has 1 aromatic rings. The average Bonchev–Trinajstić information content (AvgIpc) is 2.32. The molecule has 3 heteroatoms. The molecule has 0 atom stereocenters. The van der Waals surface area contributed by atoms with E-state index in [1.54, 1.807) is 14.2 Å². The fraction of sp³-hybridized carbons (Fsp3) is 0.571. The first-order valence-electron chi connectivity index (χ1n) is 5.98. The molecule has 1 aliphatic rings. The third kappa shape index (κ3) is 1.88. The van der Waals surface area contributed by atoms with E-state index in [1.807, 2.05) is 0 Å². The van der Waals surface area contributed by atoms with Crippen LogP contribution in [0.5, 0.6) is 0 Å². The first-order valence-corrected chi connectivity index (χ1v) is 5.98. The lowest BCUT2D eigenvalue weighted by Gasteiger charge is -2.54. The minimum atomic E-state index is -0.443. The molecule has 3 nitrogen and oxygen atoms in total. The molecule has 0 saturated heterocycles. The van der Waals surface area contributed by atoms with Gasteiger partial charge in [0.2, 0.25) is 0 Å². The van der Waals surface area contributed by atoms with Crippen molar-refractivity contribution in [2.75, 3.05) is 20.8 Å². The number of benzene rings is 1. The zero-order valence-electron chi connectivity index (χ0n) is 10.8. The van der Waals surface area contributed by atoms with Crippen LogP contribution in [0.15, 0.2) is 24.3 Å². The molecule has 2 rings (SSSR count). The second-order valence-electron chi connectivity index (χ2n) is 4.97. The Morgan fingerprint density at radius 2 is 1.76 bits per heavy atom. The lowest BCUT2D eigenvalue weighted by Crippen LogP contribution is -2.60. The van der Waals surface area contributed by atoms with Crippen LogP contribution in [-0.2, 0) is 14.9 Å². The Morgan fingerprint density at radius 1 is 1.18 bits per heavy atom. The predicted molar refractivity (Wildman–Crippen MR) is 67.9 cm³/mol. The van der Waals surface area contributed by atoms with E-state index < -0.39 is 5.79 Å². The number of methoxy groups -OCH3 is 2. The van der Waals surface area contributed by atoms with Crippen molar-refractivity contribution in [2.24, 2.45) is 5.73 Å². The Bertz CT molecular complexity index is 391. The van der Waals surface area contributed by atoms with Crippen molar-refractivity contribution in [1.82, 2.24) is 0 Å². The molecule has 1 aliphatic carbocycles. The smallest absolute Gasteiger partial charge is 0.169 e. The Balaban J connectivity index is 2.28. The van der Waals surface area contributed by atoms with Gasteiger partial charge in [0.1, 0.15) is 0 Å². The molecule has 2 N–H and O–H groups in total. The summed E-state index contributed by atoms with van der Waals surface area (Å²) in [5.41, 5.74) is 8.62. The fourth-order valence-corrected chi connectivity index (χ4v) is 2.96. The molecule has 0 spiro atoms. The highest BCUT2D eigenvalue weighted by Gasteiger charge is 2.56. The molecule has 0 amide bonds. The fourth-order valence-electron chi connectivity index (χ4n) is 2.96. The van der Waals surface area contributed by atoms with E-state index in [4.69, 9.17) is 15.2 Å².